The predicted octanol–water partition coefficient (Wildman–Crippen LogP) is 3.35. The zero-order valence-electron chi connectivity index (χ0n) is 17.2. The quantitative estimate of drug-likeness (QED) is 0.579. The molecule has 0 saturated carbocycles. The van der Waals surface area contributed by atoms with Crippen molar-refractivity contribution in [2.24, 2.45) is 0 Å². The number of methoxy groups -OCH3 is 1. The van der Waals surface area contributed by atoms with Crippen molar-refractivity contribution >= 4 is 11.9 Å². The Balaban J connectivity index is 1.61. The summed E-state index contributed by atoms with van der Waals surface area (Å²) < 4.78 is 12.1. The second-order valence-corrected chi connectivity index (χ2v) is 6.93. The van der Waals surface area contributed by atoms with Gasteiger partial charge in [0, 0.05) is 6.54 Å². The summed E-state index contributed by atoms with van der Waals surface area (Å²) in [6, 6.07) is 19.2. The number of carbonyl (C=O) groups is 2. The average Bonchev–Trinajstić information content (AvgIpc) is 3.23. The van der Waals surface area contributed by atoms with Gasteiger partial charge in [0.1, 0.15) is 0 Å². The Hall–Kier alpha value is -3.61. The van der Waals surface area contributed by atoms with Gasteiger partial charge in [-0.05, 0) is 30.5 Å². The number of hydrogen-bond acceptors (Lipinski definition) is 5. The second-order valence-electron chi connectivity index (χ2n) is 6.93. The number of esters is 1. The Labute approximate surface area is 175 Å². The van der Waals surface area contributed by atoms with Crippen LogP contribution in [0.4, 0.5) is 0 Å². The van der Waals surface area contributed by atoms with Crippen LogP contribution in [-0.4, -0.2) is 41.4 Å². The van der Waals surface area contributed by atoms with Crippen LogP contribution in [0.5, 0.6) is 5.75 Å². The average molecular weight is 407 g/mol. The van der Waals surface area contributed by atoms with Crippen LogP contribution >= 0.6 is 0 Å². The molecule has 0 unspecified atom stereocenters. The smallest absolute Gasteiger partial charge is 0.363 e. The molecule has 0 saturated heterocycles. The van der Waals surface area contributed by atoms with Crippen LogP contribution < -0.4 is 10.1 Å². The summed E-state index contributed by atoms with van der Waals surface area (Å²) in [4.78, 5) is 25.0. The Morgan fingerprint density at radius 2 is 1.67 bits per heavy atom. The van der Waals surface area contributed by atoms with E-state index in [2.05, 4.69) is 10.4 Å². The van der Waals surface area contributed by atoms with Gasteiger partial charge in [-0.2, -0.15) is 5.10 Å². The number of nitrogens with zero attached hydrogens (tertiary/aromatic N) is 2. The number of hydrogen-bond donors (Lipinski definition) is 1. The summed E-state index contributed by atoms with van der Waals surface area (Å²) in [5.74, 6) is -0.679. The fourth-order valence-electron chi connectivity index (χ4n) is 2.93. The van der Waals surface area contributed by atoms with Crippen molar-refractivity contribution in [1.29, 1.82) is 0 Å². The van der Waals surface area contributed by atoms with E-state index in [1.165, 1.54) is 18.7 Å². The van der Waals surface area contributed by atoms with Gasteiger partial charge in [0.2, 0.25) is 5.69 Å². The van der Waals surface area contributed by atoms with Gasteiger partial charge < -0.3 is 14.8 Å². The zero-order valence-corrected chi connectivity index (χ0v) is 17.2. The van der Waals surface area contributed by atoms with E-state index in [0.29, 0.717) is 6.54 Å². The molecule has 0 spiro atoms. The highest BCUT2D eigenvalue weighted by molar-refractivity contribution is 5.92. The second kappa shape index (κ2) is 9.73. The van der Waals surface area contributed by atoms with Crippen LogP contribution in [0, 0.1) is 0 Å². The number of amides is 1. The number of para-hydroxylation sites is 1. The van der Waals surface area contributed by atoms with Crippen LogP contribution in [0.15, 0.2) is 66.9 Å². The van der Waals surface area contributed by atoms with E-state index in [1.807, 2.05) is 67.6 Å². The summed E-state index contributed by atoms with van der Waals surface area (Å²) in [7, 11) is 1.45. The normalized spacial score (nSPS) is 12.6. The molecule has 156 valence electrons. The van der Waals surface area contributed by atoms with Gasteiger partial charge in [-0.3, -0.25) is 4.79 Å². The van der Waals surface area contributed by atoms with Crippen molar-refractivity contribution in [2.45, 2.75) is 25.9 Å². The molecule has 0 bridgehead atoms. The molecule has 2 aromatic carbocycles. The van der Waals surface area contributed by atoms with E-state index in [4.69, 9.17) is 9.47 Å². The molecule has 1 N–H and O–H groups in total. The molecular weight excluding hydrogens is 382 g/mol. The number of ether oxygens (including phenoxy) is 2. The molecule has 0 aliphatic heterocycles. The highest BCUT2D eigenvalue weighted by Crippen LogP contribution is 2.21. The van der Waals surface area contributed by atoms with Crippen molar-refractivity contribution in [3.05, 3.63) is 78.1 Å². The molecule has 3 rings (SSSR count). The molecule has 0 radical (unpaired) electrons. The third kappa shape index (κ3) is 5.05. The highest BCUT2D eigenvalue weighted by atomic mass is 16.6. The van der Waals surface area contributed by atoms with E-state index in [0.717, 1.165) is 11.3 Å². The number of benzene rings is 2. The maximum atomic E-state index is 12.6. The van der Waals surface area contributed by atoms with Gasteiger partial charge in [0.05, 0.1) is 19.0 Å². The first-order chi connectivity index (χ1) is 14.5. The maximum Gasteiger partial charge on any atom is 0.363 e. The van der Waals surface area contributed by atoms with Gasteiger partial charge in [-0.1, -0.05) is 55.5 Å². The van der Waals surface area contributed by atoms with E-state index in [-0.39, 0.29) is 23.3 Å². The van der Waals surface area contributed by atoms with Crippen molar-refractivity contribution in [3.63, 3.8) is 0 Å². The minimum absolute atomic E-state index is 0.0126. The van der Waals surface area contributed by atoms with Crippen molar-refractivity contribution < 1.29 is 19.1 Å². The zero-order chi connectivity index (χ0) is 21.5. The van der Waals surface area contributed by atoms with E-state index in [1.54, 1.807) is 6.20 Å². The number of aromatic nitrogens is 2. The molecule has 1 aromatic heterocycles. The van der Waals surface area contributed by atoms with Crippen LogP contribution in [0.1, 0.15) is 35.8 Å². The largest absolute Gasteiger partial charge is 0.493 e. The predicted molar refractivity (Wildman–Crippen MR) is 113 cm³/mol. The first-order valence-electron chi connectivity index (χ1n) is 9.72. The first-order valence-corrected chi connectivity index (χ1v) is 9.72. The van der Waals surface area contributed by atoms with Crippen molar-refractivity contribution in [1.82, 2.24) is 15.1 Å². The van der Waals surface area contributed by atoms with E-state index < -0.39 is 12.1 Å². The lowest BCUT2D eigenvalue weighted by Gasteiger charge is -2.16. The van der Waals surface area contributed by atoms with E-state index >= 15 is 0 Å². The Morgan fingerprint density at radius 1 is 1.03 bits per heavy atom. The maximum absolute atomic E-state index is 12.6. The SMILES string of the molecule is COc1cn(-c2ccccc2)nc1C(=O)O[C@@H](C)C(=O)NC[C@H](C)c1ccccc1. The molecule has 7 nitrogen and oxygen atoms in total. The standard InChI is InChI=1S/C23H25N3O4/c1-16(18-10-6-4-7-11-18)14-24-22(27)17(2)30-23(28)21-20(29-3)15-26(25-21)19-12-8-5-9-13-19/h4-13,15-17H,14H2,1-3H3,(H,24,27)/t16-,17-/m0/s1. The van der Waals surface area contributed by atoms with Crippen LogP contribution in [0.25, 0.3) is 5.69 Å². The molecule has 0 aliphatic rings. The van der Waals surface area contributed by atoms with Gasteiger partial charge >= 0.3 is 5.97 Å². The molecule has 2 atom stereocenters. The van der Waals surface area contributed by atoms with Gasteiger partial charge in [0.25, 0.3) is 5.91 Å². The molecule has 30 heavy (non-hydrogen) atoms. The molecule has 0 aliphatic carbocycles. The van der Waals surface area contributed by atoms with Crippen LogP contribution in [-0.2, 0) is 9.53 Å². The fraction of sp³-hybridized carbons (Fsp3) is 0.261. The Bertz CT molecular complexity index is 986. The van der Waals surface area contributed by atoms with E-state index in [9.17, 15) is 9.59 Å². The Morgan fingerprint density at radius 3 is 2.30 bits per heavy atom. The number of carbonyl (C=O) groups excluding carboxylic acids is 2. The molecule has 0 fully saturated rings. The lowest BCUT2D eigenvalue weighted by atomic mass is 10.0. The molecule has 1 amide bonds. The summed E-state index contributed by atoms with van der Waals surface area (Å²) >= 11 is 0. The lowest BCUT2D eigenvalue weighted by Crippen LogP contribution is -2.37. The Kier molecular flexibility index (Phi) is 6.85. The van der Waals surface area contributed by atoms with Crippen LogP contribution in [0.3, 0.4) is 0 Å². The first kappa shape index (κ1) is 21.1. The molecule has 7 heteroatoms. The molecule has 1 heterocycles. The number of nitrogens with one attached hydrogen (secondary N) is 1. The third-order valence-corrected chi connectivity index (χ3v) is 4.72. The van der Waals surface area contributed by atoms with Crippen LogP contribution in [0.2, 0.25) is 0 Å². The lowest BCUT2D eigenvalue weighted by molar-refractivity contribution is -0.129. The molecular formula is C23H25N3O4. The monoisotopic (exact) mass is 407 g/mol. The van der Waals surface area contributed by atoms with Gasteiger partial charge in [-0.15, -0.1) is 0 Å². The van der Waals surface area contributed by atoms with Crippen molar-refractivity contribution in [3.8, 4) is 11.4 Å². The minimum atomic E-state index is -0.966. The third-order valence-electron chi connectivity index (χ3n) is 4.72. The summed E-state index contributed by atoms with van der Waals surface area (Å²) in [6.45, 7) is 3.99. The van der Waals surface area contributed by atoms with Gasteiger partial charge in [-0.25, -0.2) is 9.48 Å². The fourth-order valence-corrected chi connectivity index (χ4v) is 2.93. The topological polar surface area (TPSA) is 82.5 Å². The van der Waals surface area contributed by atoms with Gasteiger partial charge in [0.15, 0.2) is 11.9 Å². The summed E-state index contributed by atoms with van der Waals surface area (Å²) in [5.41, 5.74) is 1.91. The highest BCUT2D eigenvalue weighted by Gasteiger charge is 2.25. The summed E-state index contributed by atoms with van der Waals surface area (Å²) in [5, 5.41) is 7.09. The minimum Gasteiger partial charge on any atom is -0.493 e. The summed E-state index contributed by atoms with van der Waals surface area (Å²) in [6.07, 6.45) is 0.630. The van der Waals surface area contributed by atoms with Crippen molar-refractivity contribution in [2.75, 3.05) is 13.7 Å². The molecule has 3 aromatic rings. The number of rotatable bonds is 8.